The maximum absolute atomic E-state index is 3.46. The minimum atomic E-state index is 0.833. The first-order valence-corrected chi connectivity index (χ1v) is 7.80. The molecule has 2 aromatic rings. The predicted octanol–water partition coefficient (Wildman–Crippen LogP) is 5.33. The summed E-state index contributed by atoms with van der Waals surface area (Å²) in [4.78, 5) is 0. The Morgan fingerprint density at radius 2 is 1.50 bits per heavy atom. The molecule has 1 nitrogen and oxygen atoms in total. The summed E-state index contributed by atoms with van der Waals surface area (Å²) in [5.74, 6) is 2.82. The molecule has 2 bridgehead atoms. The largest absolute Gasteiger partial charge is 0.356 e. The highest BCUT2D eigenvalue weighted by Gasteiger charge is 2.39. The summed E-state index contributed by atoms with van der Waals surface area (Å²) < 4.78 is 0. The minimum absolute atomic E-state index is 0.833. The van der Waals surface area contributed by atoms with E-state index in [4.69, 9.17) is 0 Å². The number of rotatable bonds is 3. The smallest absolute Gasteiger partial charge is 0.0384 e. The van der Waals surface area contributed by atoms with Crippen LogP contribution in [-0.2, 0) is 0 Å². The van der Waals surface area contributed by atoms with E-state index in [9.17, 15) is 0 Å². The van der Waals surface area contributed by atoms with Gasteiger partial charge in [0.2, 0.25) is 0 Å². The van der Waals surface area contributed by atoms with Crippen molar-refractivity contribution in [3.8, 4) is 0 Å². The Kier molecular flexibility index (Phi) is 2.99. The van der Waals surface area contributed by atoms with E-state index in [0.29, 0.717) is 0 Å². The average Bonchev–Trinajstić information content (AvgIpc) is 3.12. The van der Waals surface area contributed by atoms with Crippen molar-refractivity contribution in [1.29, 1.82) is 0 Å². The number of anilines is 2. The molecule has 2 aliphatic carbocycles. The monoisotopic (exact) mass is 263 g/mol. The van der Waals surface area contributed by atoms with Gasteiger partial charge in [0.05, 0.1) is 0 Å². The van der Waals surface area contributed by atoms with Crippen LogP contribution in [0.5, 0.6) is 0 Å². The van der Waals surface area contributed by atoms with Crippen LogP contribution in [0.3, 0.4) is 0 Å². The average molecular weight is 263 g/mol. The van der Waals surface area contributed by atoms with Gasteiger partial charge in [0.15, 0.2) is 0 Å². The highest BCUT2D eigenvalue weighted by atomic mass is 14.9. The van der Waals surface area contributed by atoms with Gasteiger partial charge in [-0.25, -0.2) is 0 Å². The maximum Gasteiger partial charge on any atom is 0.0384 e. The Labute approximate surface area is 121 Å². The van der Waals surface area contributed by atoms with Crippen LogP contribution in [0.4, 0.5) is 11.4 Å². The SMILES string of the molecule is c1ccc(Nc2ccc(C3CC4CCC3C4)cc2)cc1. The lowest BCUT2D eigenvalue weighted by atomic mass is 9.83. The fourth-order valence-corrected chi connectivity index (χ4v) is 4.15. The van der Waals surface area contributed by atoms with Gasteiger partial charge in [-0.15, -0.1) is 0 Å². The molecule has 0 heterocycles. The summed E-state index contributed by atoms with van der Waals surface area (Å²) in [5.41, 5.74) is 3.89. The van der Waals surface area contributed by atoms with E-state index in [1.165, 1.54) is 31.4 Å². The van der Waals surface area contributed by atoms with Crippen LogP contribution < -0.4 is 5.32 Å². The quantitative estimate of drug-likeness (QED) is 0.788. The fourth-order valence-electron chi connectivity index (χ4n) is 4.15. The fraction of sp³-hybridized carbons (Fsp3) is 0.368. The lowest BCUT2D eigenvalue weighted by Crippen LogP contribution is -2.08. The third kappa shape index (κ3) is 2.22. The third-order valence-electron chi connectivity index (χ3n) is 5.14. The molecule has 1 N–H and O–H groups in total. The molecule has 1 heteroatoms. The van der Waals surface area contributed by atoms with Gasteiger partial charge in [-0.05, 0) is 66.8 Å². The van der Waals surface area contributed by atoms with E-state index >= 15 is 0 Å². The van der Waals surface area contributed by atoms with Gasteiger partial charge in [0.25, 0.3) is 0 Å². The zero-order valence-electron chi connectivity index (χ0n) is 11.8. The van der Waals surface area contributed by atoms with Gasteiger partial charge in [0, 0.05) is 11.4 Å². The van der Waals surface area contributed by atoms with Crippen molar-refractivity contribution in [2.75, 3.05) is 5.32 Å². The van der Waals surface area contributed by atoms with E-state index in [2.05, 4.69) is 53.8 Å². The molecule has 2 aliphatic rings. The number of hydrogen-bond donors (Lipinski definition) is 1. The maximum atomic E-state index is 3.46. The number of hydrogen-bond acceptors (Lipinski definition) is 1. The molecule has 0 aromatic heterocycles. The predicted molar refractivity (Wildman–Crippen MR) is 84.4 cm³/mol. The number of benzene rings is 2. The van der Waals surface area contributed by atoms with Crippen LogP contribution in [0.1, 0.15) is 37.2 Å². The Balaban J connectivity index is 1.49. The molecule has 0 spiro atoms. The summed E-state index contributed by atoms with van der Waals surface area (Å²) in [6.45, 7) is 0. The highest BCUT2D eigenvalue weighted by Crippen LogP contribution is 2.52. The van der Waals surface area contributed by atoms with E-state index < -0.39 is 0 Å². The van der Waals surface area contributed by atoms with E-state index in [-0.39, 0.29) is 0 Å². The minimum Gasteiger partial charge on any atom is -0.356 e. The highest BCUT2D eigenvalue weighted by molar-refractivity contribution is 5.59. The molecule has 0 radical (unpaired) electrons. The van der Waals surface area contributed by atoms with Crippen LogP contribution in [0.2, 0.25) is 0 Å². The third-order valence-corrected chi connectivity index (χ3v) is 5.14. The zero-order valence-corrected chi connectivity index (χ0v) is 11.8. The van der Waals surface area contributed by atoms with Gasteiger partial charge in [0.1, 0.15) is 0 Å². The van der Waals surface area contributed by atoms with E-state index in [1.54, 1.807) is 5.56 Å². The Bertz CT molecular complexity index is 572. The molecule has 3 atom stereocenters. The molecule has 0 aliphatic heterocycles. The van der Waals surface area contributed by atoms with E-state index in [0.717, 1.165) is 23.4 Å². The van der Waals surface area contributed by atoms with Gasteiger partial charge in [-0.1, -0.05) is 36.8 Å². The summed E-state index contributed by atoms with van der Waals surface area (Å²) in [7, 11) is 0. The molecule has 0 saturated heterocycles. The number of para-hydroxylation sites is 1. The molecule has 2 aromatic carbocycles. The van der Waals surface area contributed by atoms with Crippen LogP contribution in [0.15, 0.2) is 54.6 Å². The molecule has 102 valence electrons. The van der Waals surface area contributed by atoms with E-state index in [1.807, 2.05) is 6.07 Å². The standard InChI is InChI=1S/C19H21N/c1-2-4-17(5-3-1)20-18-10-8-15(9-11-18)19-13-14-6-7-16(19)12-14/h1-5,8-11,14,16,19-20H,6-7,12-13H2. The lowest BCUT2D eigenvalue weighted by Gasteiger charge is -2.22. The second-order valence-electron chi connectivity index (χ2n) is 6.39. The van der Waals surface area contributed by atoms with Crippen molar-refractivity contribution in [2.24, 2.45) is 11.8 Å². The topological polar surface area (TPSA) is 12.0 Å². The molecule has 4 rings (SSSR count). The first-order valence-electron chi connectivity index (χ1n) is 7.80. The second-order valence-corrected chi connectivity index (χ2v) is 6.39. The molecule has 3 unspecified atom stereocenters. The molecule has 2 saturated carbocycles. The molecule has 2 fully saturated rings. The van der Waals surface area contributed by atoms with Gasteiger partial charge < -0.3 is 5.32 Å². The normalized spacial score (nSPS) is 27.7. The van der Waals surface area contributed by atoms with Crippen molar-refractivity contribution in [3.05, 3.63) is 60.2 Å². The van der Waals surface area contributed by atoms with Crippen LogP contribution in [0, 0.1) is 11.8 Å². The first kappa shape index (κ1) is 12.0. The van der Waals surface area contributed by atoms with Crippen LogP contribution in [-0.4, -0.2) is 0 Å². The lowest BCUT2D eigenvalue weighted by molar-refractivity contribution is 0.420. The van der Waals surface area contributed by atoms with Crippen molar-refractivity contribution >= 4 is 11.4 Å². The molecular weight excluding hydrogens is 242 g/mol. The van der Waals surface area contributed by atoms with Crippen molar-refractivity contribution in [1.82, 2.24) is 0 Å². The van der Waals surface area contributed by atoms with Crippen molar-refractivity contribution in [2.45, 2.75) is 31.6 Å². The second kappa shape index (κ2) is 4.97. The summed E-state index contributed by atoms with van der Waals surface area (Å²) in [5, 5.41) is 3.46. The first-order chi connectivity index (χ1) is 9.88. The summed E-state index contributed by atoms with van der Waals surface area (Å²) in [6, 6.07) is 19.5. The Morgan fingerprint density at radius 3 is 2.15 bits per heavy atom. The van der Waals surface area contributed by atoms with Crippen molar-refractivity contribution in [3.63, 3.8) is 0 Å². The van der Waals surface area contributed by atoms with Crippen LogP contribution >= 0.6 is 0 Å². The van der Waals surface area contributed by atoms with Gasteiger partial charge in [-0.3, -0.25) is 0 Å². The zero-order chi connectivity index (χ0) is 13.4. The Hall–Kier alpha value is -1.76. The van der Waals surface area contributed by atoms with Gasteiger partial charge in [-0.2, -0.15) is 0 Å². The summed E-state index contributed by atoms with van der Waals surface area (Å²) in [6.07, 6.45) is 5.85. The number of fused-ring (bicyclic) bond motifs is 2. The van der Waals surface area contributed by atoms with Crippen molar-refractivity contribution < 1.29 is 0 Å². The molecular formula is C19H21N. The summed E-state index contributed by atoms with van der Waals surface area (Å²) >= 11 is 0. The number of nitrogens with one attached hydrogen (secondary N) is 1. The van der Waals surface area contributed by atoms with Gasteiger partial charge >= 0.3 is 0 Å². The molecule has 20 heavy (non-hydrogen) atoms. The Morgan fingerprint density at radius 1 is 0.750 bits per heavy atom. The molecule has 0 amide bonds. The van der Waals surface area contributed by atoms with Crippen LogP contribution in [0.25, 0.3) is 0 Å².